The minimum atomic E-state index is -0.766. The maximum absolute atomic E-state index is 12.8. The van der Waals surface area contributed by atoms with E-state index in [0.29, 0.717) is 19.3 Å². The molecule has 0 aromatic rings. The van der Waals surface area contributed by atoms with E-state index in [-0.39, 0.29) is 31.1 Å². The van der Waals surface area contributed by atoms with Gasteiger partial charge in [0, 0.05) is 19.3 Å². The number of hydrogen-bond acceptors (Lipinski definition) is 6. The first-order valence-electron chi connectivity index (χ1n) is 26.7. The summed E-state index contributed by atoms with van der Waals surface area (Å²) in [4.78, 5) is 38.0. The first kappa shape index (κ1) is 58.1. The molecule has 0 fully saturated rings. The Hall–Kier alpha value is -1.85. The molecule has 0 aliphatic heterocycles. The van der Waals surface area contributed by atoms with E-state index in [1.165, 1.54) is 193 Å². The van der Waals surface area contributed by atoms with E-state index >= 15 is 0 Å². The van der Waals surface area contributed by atoms with Gasteiger partial charge in [-0.2, -0.15) is 0 Å². The molecule has 0 amide bonds. The second-order valence-electron chi connectivity index (χ2n) is 18.2. The van der Waals surface area contributed by atoms with Crippen molar-refractivity contribution in [3.05, 3.63) is 12.2 Å². The highest BCUT2D eigenvalue weighted by atomic mass is 16.6. The van der Waals surface area contributed by atoms with Crippen molar-refractivity contribution < 1.29 is 28.6 Å². The zero-order valence-electron chi connectivity index (χ0n) is 40.5. The van der Waals surface area contributed by atoms with Crippen LogP contribution in [0.1, 0.15) is 297 Å². The van der Waals surface area contributed by atoms with Crippen LogP contribution in [0.15, 0.2) is 12.2 Å². The molecule has 1 atom stereocenters. The molecule has 60 heavy (non-hydrogen) atoms. The predicted octanol–water partition coefficient (Wildman–Crippen LogP) is 17.4. The van der Waals surface area contributed by atoms with Crippen LogP contribution in [0, 0.1) is 0 Å². The van der Waals surface area contributed by atoms with Crippen LogP contribution in [0.2, 0.25) is 0 Å². The van der Waals surface area contributed by atoms with Gasteiger partial charge in [-0.1, -0.05) is 245 Å². The average molecular weight is 847 g/mol. The van der Waals surface area contributed by atoms with Gasteiger partial charge in [0.25, 0.3) is 0 Å². The van der Waals surface area contributed by atoms with Gasteiger partial charge in [-0.3, -0.25) is 14.4 Å². The number of allylic oxidation sites excluding steroid dienone is 2. The lowest BCUT2D eigenvalue weighted by Crippen LogP contribution is -2.30. The molecule has 0 aliphatic carbocycles. The van der Waals surface area contributed by atoms with Crippen molar-refractivity contribution in [1.29, 1.82) is 0 Å². The Morgan fingerprint density at radius 1 is 0.317 bits per heavy atom. The van der Waals surface area contributed by atoms with Gasteiger partial charge in [-0.05, 0) is 44.9 Å². The summed E-state index contributed by atoms with van der Waals surface area (Å²) in [5, 5.41) is 0. The van der Waals surface area contributed by atoms with Crippen molar-refractivity contribution >= 4 is 17.9 Å². The lowest BCUT2D eigenvalue weighted by atomic mass is 10.0. The average Bonchev–Trinajstić information content (AvgIpc) is 3.24. The molecular formula is C54H102O6. The van der Waals surface area contributed by atoms with E-state index in [0.717, 1.165) is 64.2 Å². The number of unbranched alkanes of at least 4 members (excludes halogenated alkanes) is 36. The van der Waals surface area contributed by atoms with Gasteiger partial charge in [0.2, 0.25) is 0 Å². The van der Waals surface area contributed by atoms with E-state index in [4.69, 9.17) is 14.2 Å². The van der Waals surface area contributed by atoms with Crippen molar-refractivity contribution in [1.82, 2.24) is 0 Å². The van der Waals surface area contributed by atoms with Gasteiger partial charge < -0.3 is 14.2 Å². The van der Waals surface area contributed by atoms with Crippen LogP contribution in [0.25, 0.3) is 0 Å². The van der Waals surface area contributed by atoms with E-state index < -0.39 is 6.10 Å². The molecule has 354 valence electrons. The minimum absolute atomic E-state index is 0.0670. The molecule has 0 heterocycles. The molecule has 0 bridgehead atoms. The number of hydrogen-bond donors (Lipinski definition) is 0. The number of rotatable bonds is 49. The molecule has 0 N–H and O–H groups in total. The zero-order valence-corrected chi connectivity index (χ0v) is 40.5. The molecule has 0 spiro atoms. The maximum Gasteiger partial charge on any atom is 0.306 e. The zero-order chi connectivity index (χ0) is 43.7. The molecule has 6 heteroatoms. The van der Waals surface area contributed by atoms with E-state index in [1.54, 1.807) is 0 Å². The first-order valence-corrected chi connectivity index (χ1v) is 26.7. The van der Waals surface area contributed by atoms with Crippen LogP contribution < -0.4 is 0 Å². The van der Waals surface area contributed by atoms with Gasteiger partial charge in [0.15, 0.2) is 6.10 Å². The highest BCUT2D eigenvalue weighted by Gasteiger charge is 2.19. The summed E-state index contributed by atoms with van der Waals surface area (Å²) in [6.45, 7) is 6.66. The molecular weight excluding hydrogens is 745 g/mol. The molecule has 0 aromatic heterocycles. The van der Waals surface area contributed by atoms with Crippen LogP contribution in [0.4, 0.5) is 0 Å². The van der Waals surface area contributed by atoms with Crippen LogP contribution in [-0.2, 0) is 28.6 Å². The third-order valence-corrected chi connectivity index (χ3v) is 12.0. The topological polar surface area (TPSA) is 78.9 Å². The largest absolute Gasteiger partial charge is 0.462 e. The smallest absolute Gasteiger partial charge is 0.306 e. The van der Waals surface area contributed by atoms with Gasteiger partial charge >= 0.3 is 17.9 Å². The van der Waals surface area contributed by atoms with Crippen molar-refractivity contribution in [2.75, 3.05) is 13.2 Å². The van der Waals surface area contributed by atoms with Crippen molar-refractivity contribution in [2.24, 2.45) is 0 Å². The molecule has 0 unspecified atom stereocenters. The Labute approximate surface area is 373 Å². The molecule has 0 aromatic carbocycles. The summed E-state index contributed by atoms with van der Waals surface area (Å²) in [6, 6.07) is 0. The molecule has 6 nitrogen and oxygen atoms in total. The minimum Gasteiger partial charge on any atom is -0.462 e. The highest BCUT2D eigenvalue weighted by molar-refractivity contribution is 5.71. The Bertz CT molecular complexity index is 931. The van der Waals surface area contributed by atoms with E-state index in [1.807, 2.05) is 0 Å². The molecule has 0 aliphatic rings. The summed E-state index contributed by atoms with van der Waals surface area (Å²) < 4.78 is 16.8. The van der Waals surface area contributed by atoms with Crippen molar-refractivity contribution in [2.45, 2.75) is 303 Å². The Morgan fingerprint density at radius 2 is 0.550 bits per heavy atom. The summed E-state index contributed by atoms with van der Waals surface area (Å²) >= 11 is 0. The van der Waals surface area contributed by atoms with Gasteiger partial charge in [-0.25, -0.2) is 0 Å². The molecule has 0 rings (SSSR count). The lowest BCUT2D eigenvalue weighted by molar-refractivity contribution is -0.167. The quantitative estimate of drug-likeness (QED) is 0.0263. The van der Waals surface area contributed by atoms with Gasteiger partial charge in [0.1, 0.15) is 13.2 Å². The lowest BCUT2D eigenvalue weighted by Gasteiger charge is -2.18. The Balaban J connectivity index is 4.33. The van der Waals surface area contributed by atoms with Crippen molar-refractivity contribution in [3.8, 4) is 0 Å². The molecule has 0 saturated carbocycles. The first-order chi connectivity index (χ1) is 29.5. The van der Waals surface area contributed by atoms with E-state index in [9.17, 15) is 14.4 Å². The summed E-state index contributed by atoms with van der Waals surface area (Å²) in [5.74, 6) is -0.857. The van der Waals surface area contributed by atoms with E-state index in [2.05, 4.69) is 32.9 Å². The Morgan fingerprint density at radius 3 is 0.833 bits per heavy atom. The maximum atomic E-state index is 12.8. The second-order valence-corrected chi connectivity index (χ2v) is 18.2. The van der Waals surface area contributed by atoms with Gasteiger partial charge in [0.05, 0.1) is 0 Å². The predicted molar refractivity (Wildman–Crippen MR) is 256 cm³/mol. The standard InChI is InChI=1S/C54H102O6/c1-4-7-10-13-16-19-22-25-27-30-32-35-38-41-44-47-53(56)59-50-51(49-58-52(55)46-43-40-37-34-31-28-24-21-18-15-12-9-6-3)60-54(57)48-45-42-39-36-33-29-26-23-20-17-14-11-8-5-2/h25,27,51H,4-24,26,28-50H2,1-3H3/b27-25-/t51-/m1/s1. The molecule has 0 radical (unpaired) electrons. The fraction of sp³-hybridized carbons (Fsp3) is 0.907. The summed E-state index contributed by atoms with van der Waals surface area (Å²) in [5.41, 5.74) is 0. The summed E-state index contributed by atoms with van der Waals surface area (Å²) in [6.07, 6.45) is 54.7. The third-order valence-electron chi connectivity index (χ3n) is 12.0. The number of carbonyl (C=O) groups is 3. The Kier molecular flexibility index (Phi) is 48.3. The van der Waals surface area contributed by atoms with Gasteiger partial charge in [-0.15, -0.1) is 0 Å². The van der Waals surface area contributed by atoms with Crippen LogP contribution in [0.3, 0.4) is 0 Å². The van der Waals surface area contributed by atoms with Crippen molar-refractivity contribution in [3.63, 3.8) is 0 Å². The number of carbonyl (C=O) groups excluding carboxylic acids is 3. The highest BCUT2D eigenvalue weighted by Crippen LogP contribution is 2.16. The monoisotopic (exact) mass is 847 g/mol. The fourth-order valence-corrected chi connectivity index (χ4v) is 7.97. The normalized spacial score (nSPS) is 12.0. The van der Waals surface area contributed by atoms with Crippen LogP contribution in [0.5, 0.6) is 0 Å². The third kappa shape index (κ3) is 47.2. The fourth-order valence-electron chi connectivity index (χ4n) is 7.97. The van der Waals surface area contributed by atoms with Crippen LogP contribution in [-0.4, -0.2) is 37.2 Å². The molecule has 0 saturated heterocycles. The van der Waals surface area contributed by atoms with Crippen LogP contribution >= 0.6 is 0 Å². The summed E-state index contributed by atoms with van der Waals surface area (Å²) in [7, 11) is 0. The second kappa shape index (κ2) is 49.8. The number of ether oxygens (including phenoxy) is 3. The number of esters is 3. The SMILES string of the molecule is CCCCCCCC/C=C\CCCCCCCC(=O)OC[C@@H](COC(=O)CCCCCCCCCCCCCCC)OC(=O)CCCCCCCCCCCCCCCC.